The molecule has 0 aromatic heterocycles. The van der Waals surface area contributed by atoms with Crippen molar-refractivity contribution < 1.29 is 59.4 Å². The summed E-state index contributed by atoms with van der Waals surface area (Å²) in [6, 6.07) is 0. The topological polar surface area (TPSA) is 188 Å². The summed E-state index contributed by atoms with van der Waals surface area (Å²) < 4.78 is 26.9. The maximum Gasteiger partial charge on any atom is 0.224 e. The van der Waals surface area contributed by atoms with Gasteiger partial charge in [-0.05, 0) is 0 Å². The molecule has 3 aliphatic rings. The fourth-order valence-electron chi connectivity index (χ4n) is 3.24. The highest BCUT2D eigenvalue weighted by atomic mass is 16.8. The lowest BCUT2D eigenvalue weighted by Crippen LogP contribution is -2.63. The number of hydrogen-bond acceptors (Lipinski definition) is 12. The maximum absolute atomic E-state index is 10.5. The van der Waals surface area contributed by atoms with Gasteiger partial charge in [-0.3, -0.25) is 0 Å². The predicted octanol–water partition coefficient (Wildman–Crippen LogP) is -4.46. The fourth-order valence-corrected chi connectivity index (χ4v) is 3.24. The van der Waals surface area contributed by atoms with Crippen molar-refractivity contribution in [2.45, 2.75) is 61.1 Å². The second-order valence-electron chi connectivity index (χ2n) is 7.01. The first-order valence-corrected chi connectivity index (χ1v) is 8.78. The summed E-state index contributed by atoms with van der Waals surface area (Å²) in [6.07, 6.45) is -13.3. The van der Waals surface area contributed by atoms with Crippen molar-refractivity contribution in [1.82, 2.24) is 0 Å². The Morgan fingerprint density at radius 3 is 2.14 bits per heavy atom. The van der Waals surface area contributed by atoms with Crippen LogP contribution in [-0.2, 0) is 23.7 Å². The molecular weight excluding hydrogens is 384 g/mol. The molecule has 0 bridgehead atoms. The van der Waals surface area contributed by atoms with Gasteiger partial charge in [0.25, 0.3) is 0 Å². The van der Waals surface area contributed by atoms with E-state index in [4.69, 9.17) is 23.7 Å². The van der Waals surface area contributed by atoms with Crippen LogP contribution in [0.2, 0.25) is 0 Å². The van der Waals surface area contributed by atoms with Gasteiger partial charge in [-0.2, -0.15) is 0 Å². The van der Waals surface area contributed by atoms with Gasteiger partial charge in [0, 0.05) is 5.57 Å². The zero-order valence-corrected chi connectivity index (χ0v) is 14.9. The molecule has 12 nitrogen and oxygen atoms in total. The van der Waals surface area contributed by atoms with Gasteiger partial charge < -0.3 is 59.4 Å². The summed E-state index contributed by atoms with van der Waals surface area (Å²) >= 11 is 0. The van der Waals surface area contributed by atoms with Crippen LogP contribution in [0.3, 0.4) is 0 Å². The zero-order valence-electron chi connectivity index (χ0n) is 14.9. The molecule has 12 heteroatoms. The summed E-state index contributed by atoms with van der Waals surface area (Å²) in [6.45, 7) is 2.15. The van der Waals surface area contributed by atoms with Crippen LogP contribution >= 0.6 is 0 Å². The van der Waals surface area contributed by atoms with Crippen LogP contribution in [0.25, 0.3) is 0 Å². The van der Waals surface area contributed by atoms with E-state index in [0.717, 1.165) is 0 Å². The van der Waals surface area contributed by atoms with Crippen LogP contribution in [0.15, 0.2) is 12.2 Å². The second-order valence-corrected chi connectivity index (χ2v) is 7.01. The van der Waals surface area contributed by atoms with Crippen molar-refractivity contribution in [2.75, 3.05) is 26.4 Å². The molecule has 0 aromatic rings. The first-order valence-electron chi connectivity index (χ1n) is 8.78. The molecule has 10 atom stereocenters. The average molecular weight is 410 g/mol. The molecule has 3 aliphatic heterocycles. The van der Waals surface area contributed by atoms with Gasteiger partial charge in [-0.25, -0.2) is 0 Å². The van der Waals surface area contributed by atoms with Gasteiger partial charge in [-0.1, -0.05) is 6.58 Å². The molecule has 0 saturated carbocycles. The van der Waals surface area contributed by atoms with E-state index in [2.05, 4.69) is 6.58 Å². The molecule has 0 aliphatic carbocycles. The molecule has 1 unspecified atom stereocenters. The quantitative estimate of drug-likeness (QED) is 0.200. The van der Waals surface area contributed by atoms with E-state index in [1.165, 1.54) is 0 Å². The van der Waals surface area contributed by atoms with Gasteiger partial charge >= 0.3 is 0 Å². The number of aliphatic hydroxyl groups excluding tert-OH is 7. The largest absolute Gasteiger partial charge is 0.394 e. The number of ether oxygens (including phenoxy) is 5. The van der Waals surface area contributed by atoms with Crippen LogP contribution < -0.4 is 0 Å². The SMILES string of the molecule is C=C1COC1OC[C@@]1(O[C@H]2O[C@H](CO)[C@@H](O)[C@H](O)[C@H]2O)O[C@H](CO)[C@@H](O)[C@@H]1O. The van der Waals surface area contributed by atoms with Crippen LogP contribution in [-0.4, -0.2) is 123 Å². The van der Waals surface area contributed by atoms with E-state index in [1.807, 2.05) is 0 Å². The first-order chi connectivity index (χ1) is 13.2. The lowest BCUT2D eigenvalue weighted by atomic mass is 9.99. The van der Waals surface area contributed by atoms with Gasteiger partial charge in [0.05, 0.1) is 19.8 Å². The van der Waals surface area contributed by atoms with Crippen molar-refractivity contribution in [2.24, 2.45) is 0 Å². The normalized spacial score (nSPS) is 49.2. The third-order valence-electron chi connectivity index (χ3n) is 5.04. The predicted molar refractivity (Wildman–Crippen MR) is 86.4 cm³/mol. The molecule has 0 spiro atoms. The van der Waals surface area contributed by atoms with Crippen molar-refractivity contribution in [1.29, 1.82) is 0 Å². The van der Waals surface area contributed by atoms with Gasteiger partial charge in [0.2, 0.25) is 5.79 Å². The summed E-state index contributed by atoms with van der Waals surface area (Å²) in [5.41, 5.74) is 0.620. The molecule has 0 radical (unpaired) electrons. The lowest BCUT2D eigenvalue weighted by molar-refractivity contribution is -0.391. The van der Waals surface area contributed by atoms with Crippen LogP contribution in [0.5, 0.6) is 0 Å². The number of hydrogen-bond donors (Lipinski definition) is 7. The Hall–Kier alpha value is -0.740. The summed E-state index contributed by atoms with van der Waals surface area (Å²) in [5, 5.41) is 69.2. The molecule has 3 saturated heterocycles. The summed E-state index contributed by atoms with van der Waals surface area (Å²) in [7, 11) is 0. The van der Waals surface area contributed by atoms with Crippen molar-refractivity contribution >= 4 is 0 Å². The van der Waals surface area contributed by atoms with E-state index < -0.39 is 80.9 Å². The first kappa shape index (κ1) is 22.0. The molecule has 28 heavy (non-hydrogen) atoms. The van der Waals surface area contributed by atoms with E-state index in [0.29, 0.717) is 5.57 Å². The molecule has 3 rings (SSSR count). The molecule has 0 aromatic carbocycles. The van der Waals surface area contributed by atoms with E-state index in [1.54, 1.807) is 0 Å². The average Bonchev–Trinajstić information content (AvgIpc) is 2.92. The molecule has 7 N–H and O–H groups in total. The van der Waals surface area contributed by atoms with Gasteiger partial charge in [0.1, 0.15) is 49.3 Å². The monoisotopic (exact) mass is 410 g/mol. The minimum Gasteiger partial charge on any atom is -0.394 e. The molecule has 162 valence electrons. The number of rotatable bonds is 7. The highest BCUT2D eigenvalue weighted by Crippen LogP contribution is 2.37. The van der Waals surface area contributed by atoms with Gasteiger partial charge in [-0.15, -0.1) is 0 Å². The smallest absolute Gasteiger partial charge is 0.224 e. The summed E-state index contributed by atoms with van der Waals surface area (Å²) in [5.74, 6) is -2.11. The molecular formula is C16H26O12. The zero-order chi connectivity index (χ0) is 20.6. The van der Waals surface area contributed by atoms with E-state index in [9.17, 15) is 35.7 Å². The highest BCUT2D eigenvalue weighted by molar-refractivity contribution is 5.07. The molecule has 3 heterocycles. The van der Waals surface area contributed by atoms with Crippen LogP contribution in [0.4, 0.5) is 0 Å². The summed E-state index contributed by atoms with van der Waals surface area (Å²) in [4.78, 5) is 0. The van der Waals surface area contributed by atoms with E-state index >= 15 is 0 Å². The van der Waals surface area contributed by atoms with Gasteiger partial charge in [0.15, 0.2) is 12.6 Å². The van der Waals surface area contributed by atoms with Crippen LogP contribution in [0, 0.1) is 0 Å². The minimum atomic E-state index is -2.11. The Bertz CT molecular complexity index is 558. The van der Waals surface area contributed by atoms with Crippen molar-refractivity contribution in [3.05, 3.63) is 12.2 Å². The standard InChI is InChI=1S/C16H26O12/c1-6-4-24-14(6)25-5-16(13(23)10(20)8(3-18)27-16)28-15-12(22)11(21)9(19)7(2-17)26-15/h7-15,17-23H,1-5H2/t7-,8-,9-,10-,11+,12-,13+,14?,15-,16+/m1/s1. The third-order valence-corrected chi connectivity index (χ3v) is 5.04. The maximum atomic E-state index is 10.5. The van der Waals surface area contributed by atoms with Crippen molar-refractivity contribution in [3.63, 3.8) is 0 Å². The Morgan fingerprint density at radius 1 is 0.964 bits per heavy atom. The number of aliphatic hydroxyl groups is 7. The molecule has 0 amide bonds. The fraction of sp³-hybridized carbons (Fsp3) is 0.875. The highest BCUT2D eigenvalue weighted by Gasteiger charge is 2.59. The Labute approximate surface area is 160 Å². The lowest BCUT2D eigenvalue weighted by Gasteiger charge is -2.44. The Morgan fingerprint density at radius 2 is 1.64 bits per heavy atom. The van der Waals surface area contributed by atoms with Crippen molar-refractivity contribution in [3.8, 4) is 0 Å². The van der Waals surface area contributed by atoms with E-state index in [-0.39, 0.29) is 6.61 Å². The third kappa shape index (κ3) is 3.84. The second kappa shape index (κ2) is 8.55. The Kier molecular flexibility index (Phi) is 6.71. The minimum absolute atomic E-state index is 0.288. The Balaban J connectivity index is 1.79. The molecule has 3 fully saturated rings. The van der Waals surface area contributed by atoms with Crippen LogP contribution in [0.1, 0.15) is 0 Å².